The fraction of sp³-hybridized carbons (Fsp3) is 0.474. The summed E-state index contributed by atoms with van der Waals surface area (Å²) in [6.07, 6.45) is 8.39. The van der Waals surface area contributed by atoms with Gasteiger partial charge in [0.15, 0.2) is 0 Å². The highest BCUT2D eigenvalue weighted by Crippen LogP contribution is 2.45. The number of carboxylic acids is 1. The first kappa shape index (κ1) is 15.8. The molecule has 1 unspecified atom stereocenters. The Balaban J connectivity index is 1.65. The summed E-state index contributed by atoms with van der Waals surface area (Å²) >= 11 is 0. The van der Waals surface area contributed by atoms with Crippen molar-refractivity contribution in [2.24, 2.45) is 5.41 Å². The Morgan fingerprint density at radius 3 is 2.57 bits per heavy atom. The van der Waals surface area contributed by atoms with Crippen LogP contribution in [0.3, 0.4) is 0 Å². The molecule has 2 fully saturated rings. The number of nitrogens with zero attached hydrogens (tertiary/aromatic N) is 1. The van der Waals surface area contributed by atoms with E-state index in [1.807, 2.05) is 41.3 Å². The van der Waals surface area contributed by atoms with Gasteiger partial charge in [-0.2, -0.15) is 0 Å². The number of hydrogen-bond donors (Lipinski definition) is 1. The van der Waals surface area contributed by atoms with E-state index in [1.165, 1.54) is 0 Å². The predicted molar refractivity (Wildman–Crippen MR) is 88.7 cm³/mol. The van der Waals surface area contributed by atoms with Gasteiger partial charge in [-0.3, -0.25) is 9.59 Å². The van der Waals surface area contributed by atoms with Crippen LogP contribution in [0.5, 0.6) is 0 Å². The van der Waals surface area contributed by atoms with E-state index in [1.54, 1.807) is 0 Å². The average Bonchev–Trinajstić information content (AvgIpc) is 2.98. The third-order valence-corrected chi connectivity index (χ3v) is 5.18. The summed E-state index contributed by atoms with van der Waals surface area (Å²) in [6, 6.07) is 10.1. The molecule has 2 aliphatic rings. The molecule has 1 saturated heterocycles. The Morgan fingerprint density at radius 1 is 1.22 bits per heavy atom. The minimum absolute atomic E-state index is 0.00712. The lowest BCUT2D eigenvalue weighted by Crippen LogP contribution is -2.44. The van der Waals surface area contributed by atoms with Gasteiger partial charge in [-0.25, -0.2) is 0 Å². The molecule has 1 atom stereocenters. The molecular formula is C19H23NO3. The molecule has 1 aliphatic heterocycles. The number of benzene rings is 1. The van der Waals surface area contributed by atoms with Gasteiger partial charge in [-0.1, -0.05) is 48.9 Å². The standard InChI is InChI=1S/C19H23NO3/c21-17(14-19(18(22)23)11-5-12-19)20-13-4-8-16(20)10-9-15-6-2-1-3-7-15/h1-3,6-7,9-10,16H,4-5,8,11-14H2,(H,22,23)/b10-9+. The maximum atomic E-state index is 12.6. The van der Waals surface area contributed by atoms with E-state index in [2.05, 4.69) is 6.08 Å². The summed E-state index contributed by atoms with van der Waals surface area (Å²) in [6.45, 7) is 0.734. The Bertz CT molecular complexity index is 604. The van der Waals surface area contributed by atoms with Crippen LogP contribution in [0, 0.1) is 5.41 Å². The van der Waals surface area contributed by atoms with Crippen LogP contribution in [-0.2, 0) is 9.59 Å². The molecule has 1 aliphatic carbocycles. The van der Waals surface area contributed by atoms with E-state index in [4.69, 9.17) is 0 Å². The summed E-state index contributed by atoms with van der Waals surface area (Å²) < 4.78 is 0. The van der Waals surface area contributed by atoms with E-state index >= 15 is 0 Å². The maximum Gasteiger partial charge on any atom is 0.310 e. The van der Waals surface area contributed by atoms with Crippen LogP contribution in [0.25, 0.3) is 6.08 Å². The van der Waals surface area contributed by atoms with Crippen molar-refractivity contribution in [2.75, 3.05) is 6.54 Å². The molecule has 0 radical (unpaired) electrons. The van der Waals surface area contributed by atoms with Crippen molar-refractivity contribution in [1.29, 1.82) is 0 Å². The highest BCUT2D eigenvalue weighted by molar-refractivity contribution is 5.86. The normalized spacial score (nSPS) is 23.0. The second-order valence-electron chi connectivity index (χ2n) is 6.68. The minimum Gasteiger partial charge on any atom is -0.481 e. The number of aliphatic carboxylic acids is 1. The number of rotatable bonds is 5. The number of carbonyl (C=O) groups excluding carboxylic acids is 1. The lowest BCUT2D eigenvalue weighted by molar-refractivity contribution is -0.159. The van der Waals surface area contributed by atoms with Crippen LogP contribution in [0.4, 0.5) is 0 Å². The van der Waals surface area contributed by atoms with Crippen LogP contribution in [0.1, 0.15) is 44.1 Å². The summed E-state index contributed by atoms with van der Waals surface area (Å²) in [5.74, 6) is -0.819. The summed E-state index contributed by atoms with van der Waals surface area (Å²) in [5, 5.41) is 9.41. The van der Waals surface area contributed by atoms with Crippen LogP contribution in [-0.4, -0.2) is 34.5 Å². The predicted octanol–water partition coefficient (Wildman–Crippen LogP) is 3.34. The van der Waals surface area contributed by atoms with Crippen LogP contribution in [0.15, 0.2) is 36.4 Å². The topological polar surface area (TPSA) is 57.6 Å². The van der Waals surface area contributed by atoms with Crippen LogP contribution in [0.2, 0.25) is 0 Å². The first-order valence-corrected chi connectivity index (χ1v) is 8.37. The van der Waals surface area contributed by atoms with Crippen molar-refractivity contribution in [3.63, 3.8) is 0 Å². The lowest BCUT2D eigenvalue weighted by atomic mass is 9.66. The SMILES string of the molecule is O=C(CC1(C(=O)O)CCC1)N1CCCC1/C=C/c1ccccc1. The lowest BCUT2D eigenvalue weighted by Gasteiger charge is -2.38. The number of carboxylic acid groups (broad SMARTS) is 1. The van der Waals surface area contributed by atoms with Crippen LogP contribution >= 0.6 is 0 Å². The van der Waals surface area contributed by atoms with Gasteiger partial charge in [0.05, 0.1) is 11.5 Å². The monoisotopic (exact) mass is 313 g/mol. The summed E-state index contributed by atoms with van der Waals surface area (Å²) in [5.41, 5.74) is 0.320. The van der Waals surface area contributed by atoms with E-state index in [0.29, 0.717) is 12.8 Å². The largest absolute Gasteiger partial charge is 0.481 e. The van der Waals surface area contributed by atoms with E-state index in [9.17, 15) is 14.7 Å². The molecule has 122 valence electrons. The van der Waals surface area contributed by atoms with E-state index in [0.717, 1.165) is 31.4 Å². The van der Waals surface area contributed by atoms with E-state index < -0.39 is 11.4 Å². The highest BCUT2D eigenvalue weighted by atomic mass is 16.4. The Morgan fingerprint density at radius 2 is 1.96 bits per heavy atom. The average molecular weight is 313 g/mol. The summed E-state index contributed by atoms with van der Waals surface area (Å²) in [7, 11) is 0. The third-order valence-electron chi connectivity index (χ3n) is 5.18. The van der Waals surface area contributed by atoms with Gasteiger partial charge in [-0.15, -0.1) is 0 Å². The molecule has 1 aromatic carbocycles. The second-order valence-corrected chi connectivity index (χ2v) is 6.68. The Hall–Kier alpha value is -2.10. The van der Waals surface area contributed by atoms with Crippen molar-refractivity contribution in [3.8, 4) is 0 Å². The second kappa shape index (κ2) is 6.57. The Kier molecular flexibility index (Phi) is 4.51. The zero-order chi connectivity index (χ0) is 16.3. The first-order chi connectivity index (χ1) is 11.1. The van der Waals surface area contributed by atoms with Gasteiger partial charge in [0, 0.05) is 13.0 Å². The van der Waals surface area contributed by atoms with Crippen molar-refractivity contribution in [3.05, 3.63) is 42.0 Å². The van der Waals surface area contributed by atoms with Crippen molar-refractivity contribution >= 4 is 18.0 Å². The number of amides is 1. The molecule has 1 aromatic rings. The van der Waals surface area contributed by atoms with Gasteiger partial charge in [-0.05, 0) is 31.2 Å². The highest BCUT2D eigenvalue weighted by Gasteiger charge is 2.47. The van der Waals surface area contributed by atoms with E-state index in [-0.39, 0.29) is 18.4 Å². The quantitative estimate of drug-likeness (QED) is 0.907. The molecule has 1 saturated carbocycles. The van der Waals surface area contributed by atoms with Gasteiger partial charge < -0.3 is 10.0 Å². The zero-order valence-corrected chi connectivity index (χ0v) is 13.3. The maximum absolute atomic E-state index is 12.6. The molecule has 0 bridgehead atoms. The van der Waals surface area contributed by atoms with Crippen molar-refractivity contribution in [2.45, 2.75) is 44.6 Å². The summed E-state index contributed by atoms with van der Waals surface area (Å²) in [4.78, 5) is 25.9. The molecule has 1 N–H and O–H groups in total. The molecule has 0 spiro atoms. The smallest absolute Gasteiger partial charge is 0.310 e. The third kappa shape index (κ3) is 3.31. The number of likely N-dealkylation sites (tertiary alicyclic amines) is 1. The molecular weight excluding hydrogens is 290 g/mol. The minimum atomic E-state index is -0.812. The van der Waals surface area contributed by atoms with Gasteiger partial charge >= 0.3 is 5.97 Å². The van der Waals surface area contributed by atoms with Gasteiger partial charge in [0.25, 0.3) is 0 Å². The van der Waals surface area contributed by atoms with Gasteiger partial charge in [0.1, 0.15) is 0 Å². The molecule has 3 rings (SSSR count). The number of hydrogen-bond acceptors (Lipinski definition) is 2. The Labute approximate surface area is 136 Å². The fourth-order valence-corrected chi connectivity index (χ4v) is 3.55. The number of carbonyl (C=O) groups is 2. The zero-order valence-electron chi connectivity index (χ0n) is 13.3. The van der Waals surface area contributed by atoms with Crippen LogP contribution < -0.4 is 0 Å². The molecule has 1 heterocycles. The molecule has 1 amide bonds. The van der Waals surface area contributed by atoms with Gasteiger partial charge in [0.2, 0.25) is 5.91 Å². The molecule has 23 heavy (non-hydrogen) atoms. The fourth-order valence-electron chi connectivity index (χ4n) is 3.55. The van der Waals surface area contributed by atoms with Crippen molar-refractivity contribution < 1.29 is 14.7 Å². The first-order valence-electron chi connectivity index (χ1n) is 8.37. The van der Waals surface area contributed by atoms with Crippen molar-refractivity contribution in [1.82, 2.24) is 4.90 Å². The molecule has 0 aromatic heterocycles. The molecule has 4 heteroatoms. The molecule has 4 nitrogen and oxygen atoms in total.